The van der Waals surface area contributed by atoms with Gasteiger partial charge in [-0.1, -0.05) is 66.2 Å². The van der Waals surface area contributed by atoms with Gasteiger partial charge in [0, 0.05) is 6.20 Å². The first-order valence-electron chi connectivity index (χ1n) is 13.1. The minimum absolute atomic E-state index is 0.127. The van der Waals surface area contributed by atoms with Crippen molar-refractivity contribution in [2.75, 3.05) is 0 Å². The highest BCUT2D eigenvalue weighted by Gasteiger charge is 2.49. The summed E-state index contributed by atoms with van der Waals surface area (Å²) in [4.78, 5) is 21.4. The molecule has 0 saturated carbocycles. The molecule has 1 aliphatic heterocycles. The molecule has 0 unspecified atom stereocenters. The van der Waals surface area contributed by atoms with E-state index in [1.54, 1.807) is 36.5 Å². The number of benzene rings is 3. The smallest absolute Gasteiger partial charge is 0.416 e. The van der Waals surface area contributed by atoms with Crippen molar-refractivity contribution in [3.8, 4) is 11.1 Å². The van der Waals surface area contributed by atoms with Crippen LogP contribution in [0.1, 0.15) is 33.8 Å². The first-order valence-corrected chi connectivity index (χ1v) is 13.5. The van der Waals surface area contributed by atoms with Crippen molar-refractivity contribution in [2.24, 2.45) is 0 Å². The molecule has 2 N–H and O–H groups in total. The van der Waals surface area contributed by atoms with Gasteiger partial charge in [0.1, 0.15) is 35.4 Å². The largest absolute Gasteiger partial charge is 0.451 e. The van der Waals surface area contributed by atoms with E-state index >= 15 is 0 Å². The van der Waals surface area contributed by atoms with Gasteiger partial charge in [-0.05, 0) is 47.0 Å². The molecule has 5 atom stereocenters. The quantitative estimate of drug-likeness (QED) is 0.180. The molecule has 3 aromatic carbocycles. The van der Waals surface area contributed by atoms with Crippen molar-refractivity contribution < 1.29 is 37.7 Å². The zero-order valence-corrected chi connectivity index (χ0v) is 22.9. The number of hydrogen-bond donors (Lipinski definition) is 2. The number of ether oxygens (including phenoxy) is 2. The monoisotopic (exact) mass is 609 g/mol. The molecule has 5 aromatic rings. The fraction of sp³-hybridized carbons (Fsp3) is 0.194. The lowest BCUT2D eigenvalue weighted by atomic mass is 9.97. The van der Waals surface area contributed by atoms with Crippen molar-refractivity contribution in [3.63, 3.8) is 0 Å². The Labute approximate surface area is 247 Å². The van der Waals surface area contributed by atoms with E-state index in [4.69, 9.17) is 21.1 Å². The number of rotatable bonds is 6. The van der Waals surface area contributed by atoms with Crippen LogP contribution in [0.25, 0.3) is 22.2 Å². The van der Waals surface area contributed by atoms with E-state index in [0.717, 1.165) is 35.4 Å². The molecule has 12 heteroatoms. The molecule has 0 spiro atoms. The number of aliphatic hydroxyl groups is 2. The third kappa shape index (κ3) is 5.59. The van der Waals surface area contributed by atoms with E-state index in [0.29, 0.717) is 11.0 Å². The van der Waals surface area contributed by atoms with Crippen molar-refractivity contribution in [2.45, 2.75) is 36.8 Å². The van der Waals surface area contributed by atoms with Crippen LogP contribution in [0.3, 0.4) is 0 Å². The zero-order valence-electron chi connectivity index (χ0n) is 22.1. The highest BCUT2D eigenvalue weighted by atomic mass is 35.5. The third-order valence-electron chi connectivity index (χ3n) is 7.34. The Kier molecular flexibility index (Phi) is 7.65. The molecule has 1 saturated heterocycles. The molecule has 0 radical (unpaired) electrons. The van der Waals surface area contributed by atoms with Gasteiger partial charge in [0.15, 0.2) is 12.3 Å². The number of halogens is 4. The molecule has 220 valence electrons. The molecular formula is C31H23ClF3N3O5. The SMILES string of the molecule is O=C(O[C@H](c1ccc(C(F)(F)F)cc1)[C@H]1O[C@@H](n2ccc3c(Cl)ncnc32)[C@H](O)[C@@H]1O)c1ccc(-c2ccccc2)cc1. The van der Waals surface area contributed by atoms with Crippen molar-refractivity contribution in [1.82, 2.24) is 14.5 Å². The Morgan fingerprint density at radius 1 is 0.907 bits per heavy atom. The van der Waals surface area contributed by atoms with Crippen LogP contribution in [0, 0.1) is 0 Å². The van der Waals surface area contributed by atoms with E-state index in [9.17, 15) is 28.2 Å². The second kappa shape index (κ2) is 11.4. The average Bonchev–Trinajstić information content (AvgIpc) is 3.57. The van der Waals surface area contributed by atoms with Gasteiger partial charge in [0.2, 0.25) is 0 Å². The lowest BCUT2D eigenvalue weighted by Crippen LogP contribution is -2.36. The van der Waals surface area contributed by atoms with E-state index in [2.05, 4.69) is 9.97 Å². The second-order valence-corrected chi connectivity index (χ2v) is 10.3. The van der Waals surface area contributed by atoms with Crippen molar-refractivity contribution in [3.05, 3.63) is 119 Å². The Bertz CT molecular complexity index is 1750. The molecule has 43 heavy (non-hydrogen) atoms. The summed E-state index contributed by atoms with van der Waals surface area (Å²) in [5, 5.41) is 22.7. The molecule has 3 heterocycles. The molecule has 0 amide bonds. The molecule has 0 bridgehead atoms. The van der Waals surface area contributed by atoms with Crippen LogP contribution in [-0.4, -0.2) is 49.0 Å². The number of aliphatic hydroxyl groups excluding tert-OH is 2. The van der Waals surface area contributed by atoms with E-state index in [-0.39, 0.29) is 16.3 Å². The zero-order chi connectivity index (χ0) is 30.3. The number of esters is 1. The summed E-state index contributed by atoms with van der Waals surface area (Å²) in [6, 6.07) is 21.7. The van der Waals surface area contributed by atoms with Crippen LogP contribution >= 0.6 is 11.6 Å². The maximum absolute atomic E-state index is 13.3. The number of fused-ring (bicyclic) bond motifs is 1. The lowest BCUT2D eigenvalue weighted by molar-refractivity contribution is -0.137. The lowest BCUT2D eigenvalue weighted by Gasteiger charge is -2.26. The summed E-state index contributed by atoms with van der Waals surface area (Å²) in [5.74, 6) is -0.802. The number of hydrogen-bond acceptors (Lipinski definition) is 7. The minimum Gasteiger partial charge on any atom is -0.451 e. The summed E-state index contributed by atoms with van der Waals surface area (Å²) in [7, 11) is 0. The van der Waals surface area contributed by atoms with Crippen molar-refractivity contribution >= 4 is 28.6 Å². The van der Waals surface area contributed by atoms with Gasteiger partial charge in [-0.15, -0.1) is 0 Å². The van der Waals surface area contributed by atoms with Crippen LogP contribution in [0.2, 0.25) is 5.15 Å². The summed E-state index contributed by atoms with van der Waals surface area (Å²) in [6.07, 6.45) is -8.88. The first kappa shape index (κ1) is 28.8. The Morgan fingerprint density at radius 2 is 1.58 bits per heavy atom. The molecule has 6 rings (SSSR count). The molecule has 0 aliphatic carbocycles. The van der Waals surface area contributed by atoms with Gasteiger partial charge in [0.05, 0.1) is 16.5 Å². The predicted octanol–water partition coefficient (Wildman–Crippen LogP) is 5.99. The Hall–Kier alpha value is -4.29. The summed E-state index contributed by atoms with van der Waals surface area (Å²) < 4.78 is 53.2. The molecular weight excluding hydrogens is 587 g/mol. The predicted molar refractivity (Wildman–Crippen MR) is 150 cm³/mol. The first-order chi connectivity index (χ1) is 20.6. The van der Waals surface area contributed by atoms with Gasteiger partial charge in [-0.2, -0.15) is 13.2 Å². The Morgan fingerprint density at radius 3 is 2.26 bits per heavy atom. The van der Waals surface area contributed by atoms with E-state index in [1.807, 2.05) is 30.3 Å². The standard InChI is InChI=1S/C31H23ClF3N3O5/c32-27-22-14-15-38(28(22)37-16-36-27)29-24(40)23(39)26(42-29)25(19-10-12-21(13-11-19)31(33,34)35)43-30(41)20-8-6-18(7-9-20)17-4-2-1-3-5-17/h1-16,23-26,29,39-40H/t23-,24+,25+,26-,29+/m0/s1. The van der Waals surface area contributed by atoms with Gasteiger partial charge in [0.25, 0.3) is 0 Å². The molecule has 1 aliphatic rings. The maximum atomic E-state index is 13.3. The summed E-state index contributed by atoms with van der Waals surface area (Å²) >= 11 is 6.15. The van der Waals surface area contributed by atoms with Crippen LogP contribution < -0.4 is 0 Å². The highest BCUT2D eigenvalue weighted by molar-refractivity contribution is 6.33. The number of aromatic nitrogens is 3. The Balaban J connectivity index is 1.32. The van der Waals surface area contributed by atoms with Crippen LogP contribution in [0.15, 0.2) is 97.5 Å². The highest BCUT2D eigenvalue weighted by Crippen LogP contribution is 2.40. The molecule has 1 fully saturated rings. The summed E-state index contributed by atoms with van der Waals surface area (Å²) in [6.45, 7) is 0. The van der Waals surface area contributed by atoms with E-state index in [1.165, 1.54) is 10.9 Å². The molecule has 8 nitrogen and oxygen atoms in total. The maximum Gasteiger partial charge on any atom is 0.416 e. The normalized spacial score (nSPS) is 21.2. The minimum atomic E-state index is -4.59. The summed E-state index contributed by atoms with van der Waals surface area (Å²) in [5.41, 5.74) is 1.51. The third-order valence-corrected chi connectivity index (χ3v) is 7.64. The average molecular weight is 610 g/mol. The van der Waals surface area contributed by atoms with Gasteiger partial charge in [-0.3, -0.25) is 0 Å². The fourth-order valence-corrected chi connectivity index (χ4v) is 5.30. The van der Waals surface area contributed by atoms with Gasteiger partial charge in [-0.25, -0.2) is 14.8 Å². The fourth-order valence-electron chi connectivity index (χ4n) is 5.11. The number of carbonyl (C=O) groups is 1. The second-order valence-electron chi connectivity index (χ2n) is 9.99. The van der Waals surface area contributed by atoms with Crippen molar-refractivity contribution in [1.29, 1.82) is 0 Å². The van der Waals surface area contributed by atoms with Crippen LogP contribution in [-0.2, 0) is 15.7 Å². The molecule has 2 aromatic heterocycles. The van der Waals surface area contributed by atoms with Gasteiger partial charge < -0.3 is 24.3 Å². The van der Waals surface area contributed by atoms with Crippen LogP contribution in [0.5, 0.6) is 0 Å². The van der Waals surface area contributed by atoms with Crippen LogP contribution in [0.4, 0.5) is 13.2 Å². The number of nitrogens with zero attached hydrogens (tertiary/aromatic N) is 3. The topological polar surface area (TPSA) is 107 Å². The van der Waals surface area contributed by atoms with Gasteiger partial charge >= 0.3 is 12.1 Å². The van der Waals surface area contributed by atoms with E-state index < -0.39 is 48.4 Å². The number of carbonyl (C=O) groups excluding carboxylic acids is 1. The number of alkyl halides is 3.